The molecule has 0 spiro atoms. The highest BCUT2D eigenvalue weighted by molar-refractivity contribution is 9.11. The maximum absolute atomic E-state index is 13.5. The SMILES string of the molecule is CO[C@@H](C(=O)N1C(=O)OC[C@H]1c1ccccc1)[C@@H]1O[C@@](O)(CCCOC[C@@H](CO)OCc2ccccc2)C(Br)=CC1=O. The first-order chi connectivity index (χ1) is 20.3. The highest BCUT2D eigenvalue weighted by atomic mass is 79.9. The number of ether oxygens (including phenoxy) is 5. The van der Waals surface area contributed by atoms with Gasteiger partial charge in [-0.25, -0.2) is 9.69 Å². The lowest BCUT2D eigenvalue weighted by molar-refractivity contribution is -0.227. The normalized spacial score (nSPS) is 23.8. The number of amides is 2. The fraction of sp³-hybridized carbons (Fsp3) is 0.433. The Morgan fingerprint density at radius 2 is 1.83 bits per heavy atom. The lowest BCUT2D eigenvalue weighted by atomic mass is 9.99. The lowest BCUT2D eigenvalue weighted by Crippen LogP contribution is -2.55. The van der Waals surface area contributed by atoms with Gasteiger partial charge in [0.25, 0.3) is 5.91 Å². The predicted molar refractivity (Wildman–Crippen MR) is 152 cm³/mol. The summed E-state index contributed by atoms with van der Waals surface area (Å²) >= 11 is 3.21. The quantitative estimate of drug-likeness (QED) is 0.294. The Labute approximate surface area is 252 Å². The average Bonchev–Trinajstić information content (AvgIpc) is 3.39. The first-order valence-electron chi connectivity index (χ1n) is 13.5. The number of nitrogens with zero attached hydrogens (tertiary/aromatic N) is 1. The molecule has 0 bridgehead atoms. The van der Waals surface area contributed by atoms with Gasteiger partial charge >= 0.3 is 6.09 Å². The third kappa shape index (κ3) is 7.70. The number of halogens is 1. The van der Waals surface area contributed by atoms with E-state index < -0.39 is 47.9 Å². The molecule has 0 aliphatic carbocycles. The van der Waals surface area contributed by atoms with E-state index in [1.807, 2.05) is 30.3 Å². The van der Waals surface area contributed by atoms with E-state index in [1.165, 1.54) is 7.11 Å². The smallest absolute Gasteiger partial charge is 0.417 e. The molecule has 1 fully saturated rings. The molecule has 2 aromatic carbocycles. The number of benzene rings is 2. The zero-order valence-electron chi connectivity index (χ0n) is 23.1. The van der Waals surface area contributed by atoms with Crippen LogP contribution in [0.15, 0.2) is 71.2 Å². The van der Waals surface area contributed by atoms with E-state index in [2.05, 4.69) is 15.9 Å². The summed E-state index contributed by atoms with van der Waals surface area (Å²) in [7, 11) is 1.22. The third-order valence-electron chi connectivity index (χ3n) is 6.95. The fourth-order valence-electron chi connectivity index (χ4n) is 4.68. The molecule has 2 aliphatic rings. The summed E-state index contributed by atoms with van der Waals surface area (Å²) < 4.78 is 27.7. The van der Waals surface area contributed by atoms with Gasteiger partial charge in [0.1, 0.15) is 18.8 Å². The number of ketones is 1. The van der Waals surface area contributed by atoms with Crippen molar-refractivity contribution >= 4 is 33.7 Å². The summed E-state index contributed by atoms with van der Waals surface area (Å²) in [4.78, 5) is 39.9. The van der Waals surface area contributed by atoms with E-state index in [1.54, 1.807) is 30.3 Å². The van der Waals surface area contributed by atoms with E-state index in [0.29, 0.717) is 18.6 Å². The summed E-state index contributed by atoms with van der Waals surface area (Å²) in [6.07, 6.45) is -2.99. The molecule has 12 heteroatoms. The van der Waals surface area contributed by atoms with Crippen LogP contribution in [0.2, 0.25) is 0 Å². The van der Waals surface area contributed by atoms with Crippen LogP contribution in [0.3, 0.4) is 0 Å². The van der Waals surface area contributed by atoms with E-state index in [4.69, 9.17) is 23.7 Å². The van der Waals surface area contributed by atoms with Gasteiger partial charge in [-0.3, -0.25) is 9.59 Å². The minimum absolute atomic E-state index is 0.00550. The van der Waals surface area contributed by atoms with Gasteiger partial charge in [-0.05, 0) is 39.6 Å². The highest BCUT2D eigenvalue weighted by Crippen LogP contribution is 2.37. The zero-order valence-corrected chi connectivity index (χ0v) is 24.7. The summed E-state index contributed by atoms with van der Waals surface area (Å²) in [5.74, 6) is -3.40. The van der Waals surface area contributed by atoms with Crippen molar-refractivity contribution in [3.05, 3.63) is 82.3 Å². The highest BCUT2D eigenvalue weighted by Gasteiger charge is 2.50. The molecule has 2 N–H and O–H groups in total. The molecule has 4 rings (SSSR count). The first-order valence-corrected chi connectivity index (χ1v) is 14.3. The van der Waals surface area contributed by atoms with Crippen LogP contribution < -0.4 is 0 Å². The van der Waals surface area contributed by atoms with Crippen molar-refractivity contribution in [3.63, 3.8) is 0 Å². The van der Waals surface area contributed by atoms with Crippen LogP contribution in [0.1, 0.15) is 30.0 Å². The van der Waals surface area contributed by atoms with Gasteiger partial charge in [0.15, 0.2) is 23.8 Å². The topological polar surface area (TPSA) is 141 Å². The molecule has 0 aromatic heterocycles. The van der Waals surface area contributed by atoms with E-state index in [9.17, 15) is 24.6 Å². The molecular weight excluding hydrogens is 614 g/mol. The number of carbonyl (C=O) groups is 3. The molecule has 0 radical (unpaired) electrons. The molecule has 2 amide bonds. The van der Waals surface area contributed by atoms with E-state index in [0.717, 1.165) is 16.5 Å². The van der Waals surface area contributed by atoms with Gasteiger partial charge in [0.2, 0.25) is 0 Å². The van der Waals surface area contributed by atoms with E-state index in [-0.39, 0.29) is 37.3 Å². The first kappa shape index (κ1) is 32.0. The Bertz CT molecular complexity index is 1240. The van der Waals surface area contributed by atoms with Crippen molar-refractivity contribution in [1.29, 1.82) is 0 Å². The zero-order chi connectivity index (χ0) is 30.1. The van der Waals surface area contributed by atoms with Crippen LogP contribution in [0.4, 0.5) is 4.79 Å². The molecule has 2 heterocycles. The fourth-order valence-corrected chi connectivity index (χ4v) is 5.20. The van der Waals surface area contributed by atoms with Crippen LogP contribution in [0, 0.1) is 0 Å². The Morgan fingerprint density at radius 3 is 2.50 bits per heavy atom. The Morgan fingerprint density at radius 1 is 1.14 bits per heavy atom. The minimum atomic E-state index is -1.95. The van der Waals surface area contributed by atoms with Crippen molar-refractivity contribution in [1.82, 2.24) is 4.90 Å². The van der Waals surface area contributed by atoms with Crippen molar-refractivity contribution in [2.45, 2.75) is 49.6 Å². The largest absolute Gasteiger partial charge is 0.446 e. The number of hydrogen-bond acceptors (Lipinski definition) is 10. The summed E-state index contributed by atoms with van der Waals surface area (Å²) in [5.41, 5.74) is 1.65. The standard InChI is InChI=1S/C30H34BrNO10/c1-38-27(28(35)32-23(19-41-29(32)36)21-11-6-3-7-12-21)26-24(34)15-25(31)30(37,42-26)13-8-14-39-18-22(16-33)40-17-20-9-4-2-5-10-20/h2-7,9-12,15,22-23,26-27,33,37H,8,13-14,16-19H2,1H3/t22-,23+,26-,27-,30+/m1/s1. The summed E-state index contributed by atoms with van der Waals surface area (Å²) in [5, 5.41) is 20.9. The van der Waals surface area contributed by atoms with Crippen molar-refractivity contribution in [3.8, 4) is 0 Å². The molecule has 11 nitrogen and oxygen atoms in total. The maximum atomic E-state index is 13.5. The van der Waals surface area contributed by atoms with Crippen molar-refractivity contribution in [2.75, 3.05) is 33.5 Å². The molecule has 226 valence electrons. The number of aliphatic hydroxyl groups excluding tert-OH is 1. The number of hydrogen-bond donors (Lipinski definition) is 2. The number of carbonyl (C=O) groups excluding carboxylic acids is 3. The van der Waals surface area contributed by atoms with Gasteiger partial charge in [-0.1, -0.05) is 60.7 Å². The number of aliphatic hydroxyl groups is 2. The van der Waals surface area contributed by atoms with Crippen molar-refractivity contribution < 1.29 is 48.3 Å². The minimum Gasteiger partial charge on any atom is -0.446 e. The van der Waals surface area contributed by atoms with Crippen LogP contribution in [-0.4, -0.2) is 90.5 Å². The van der Waals surface area contributed by atoms with Crippen LogP contribution >= 0.6 is 15.9 Å². The Balaban J connectivity index is 1.34. The van der Waals surface area contributed by atoms with Gasteiger partial charge < -0.3 is 33.9 Å². The second kappa shape index (κ2) is 15.0. The van der Waals surface area contributed by atoms with Crippen LogP contribution in [0.25, 0.3) is 0 Å². The molecule has 42 heavy (non-hydrogen) atoms. The van der Waals surface area contributed by atoms with Crippen LogP contribution in [0.5, 0.6) is 0 Å². The molecular formula is C30H34BrNO10. The molecule has 1 saturated heterocycles. The number of cyclic esters (lactones) is 1. The summed E-state index contributed by atoms with van der Waals surface area (Å²) in [6, 6.07) is 17.7. The molecule has 2 aliphatic heterocycles. The third-order valence-corrected chi connectivity index (χ3v) is 7.80. The number of methoxy groups -OCH3 is 1. The van der Waals surface area contributed by atoms with E-state index >= 15 is 0 Å². The number of rotatable bonds is 14. The Kier molecular flexibility index (Phi) is 11.4. The Hall–Kier alpha value is -2.97. The molecule has 0 unspecified atom stereocenters. The molecule has 2 aromatic rings. The monoisotopic (exact) mass is 647 g/mol. The second-order valence-electron chi connectivity index (χ2n) is 9.87. The second-order valence-corrected chi connectivity index (χ2v) is 10.7. The maximum Gasteiger partial charge on any atom is 0.417 e. The van der Waals surface area contributed by atoms with Gasteiger partial charge in [0.05, 0.1) is 24.3 Å². The molecule has 5 atom stereocenters. The summed E-state index contributed by atoms with van der Waals surface area (Å²) in [6.45, 7) is 0.390. The van der Waals surface area contributed by atoms with Gasteiger partial charge in [-0.15, -0.1) is 0 Å². The average molecular weight is 649 g/mol. The van der Waals surface area contributed by atoms with Crippen molar-refractivity contribution in [2.24, 2.45) is 0 Å². The molecule has 0 saturated carbocycles. The lowest BCUT2D eigenvalue weighted by Gasteiger charge is -2.38. The van der Waals surface area contributed by atoms with Gasteiger partial charge in [-0.2, -0.15) is 0 Å². The van der Waals surface area contributed by atoms with Crippen LogP contribution in [-0.2, 0) is 39.9 Å². The number of imide groups is 1. The predicted octanol–water partition coefficient (Wildman–Crippen LogP) is 3.03. The van der Waals surface area contributed by atoms with Gasteiger partial charge in [0, 0.05) is 20.1 Å².